The number of amides is 1. The van der Waals surface area contributed by atoms with Gasteiger partial charge in [0.05, 0.1) is 11.6 Å². The van der Waals surface area contributed by atoms with Gasteiger partial charge in [0.25, 0.3) is 0 Å². The van der Waals surface area contributed by atoms with Crippen molar-refractivity contribution in [2.45, 2.75) is 25.7 Å². The fourth-order valence-corrected chi connectivity index (χ4v) is 3.75. The Morgan fingerprint density at radius 2 is 2.12 bits per heavy atom. The van der Waals surface area contributed by atoms with Gasteiger partial charge in [0.2, 0.25) is 5.91 Å². The van der Waals surface area contributed by atoms with Gasteiger partial charge in [0, 0.05) is 24.3 Å². The SMILES string of the molecule is COc1ccc(CCC(=O)N2CCCc3c(N)cccc32)cc1Br.Cl. The first-order valence-corrected chi connectivity index (χ1v) is 8.89. The number of rotatable bonds is 4. The second kappa shape index (κ2) is 8.59. The van der Waals surface area contributed by atoms with Gasteiger partial charge in [0.15, 0.2) is 0 Å². The zero-order valence-corrected chi connectivity index (χ0v) is 16.5. The maximum atomic E-state index is 12.7. The molecule has 0 unspecified atom stereocenters. The van der Waals surface area contributed by atoms with Crippen LogP contribution in [0, 0.1) is 0 Å². The topological polar surface area (TPSA) is 55.6 Å². The lowest BCUT2D eigenvalue weighted by Crippen LogP contribution is -2.35. The Bertz CT molecular complexity index is 767. The summed E-state index contributed by atoms with van der Waals surface area (Å²) in [5, 5.41) is 0. The molecule has 0 aromatic heterocycles. The van der Waals surface area contributed by atoms with Crippen LogP contribution in [0.4, 0.5) is 11.4 Å². The van der Waals surface area contributed by atoms with Crippen LogP contribution in [0.5, 0.6) is 5.75 Å². The van der Waals surface area contributed by atoms with Gasteiger partial charge in [-0.2, -0.15) is 0 Å². The number of carbonyl (C=O) groups is 1. The molecule has 0 atom stereocenters. The number of methoxy groups -OCH3 is 1. The van der Waals surface area contributed by atoms with Crippen LogP contribution in [0.3, 0.4) is 0 Å². The molecule has 134 valence electrons. The summed E-state index contributed by atoms with van der Waals surface area (Å²) >= 11 is 3.49. The number of anilines is 2. The summed E-state index contributed by atoms with van der Waals surface area (Å²) in [5.41, 5.74) is 10.0. The highest BCUT2D eigenvalue weighted by molar-refractivity contribution is 9.10. The number of nitrogen functional groups attached to an aromatic ring is 1. The lowest BCUT2D eigenvalue weighted by Gasteiger charge is -2.30. The van der Waals surface area contributed by atoms with E-state index in [4.69, 9.17) is 10.5 Å². The predicted octanol–water partition coefficient (Wildman–Crippen LogP) is 4.37. The van der Waals surface area contributed by atoms with Crippen LogP contribution in [0.2, 0.25) is 0 Å². The second-order valence-corrected chi connectivity index (χ2v) is 6.82. The summed E-state index contributed by atoms with van der Waals surface area (Å²) in [6, 6.07) is 11.7. The van der Waals surface area contributed by atoms with Crippen molar-refractivity contribution < 1.29 is 9.53 Å². The van der Waals surface area contributed by atoms with Crippen molar-refractivity contribution in [3.05, 3.63) is 52.0 Å². The third kappa shape index (κ3) is 4.28. The highest BCUT2D eigenvalue weighted by Crippen LogP contribution is 2.32. The van der Waals surface area contributed by atoms with Crippen molar-refractivity contribution in [2.75, 3.05) is 24.3 Å². The van der Waals surface area contributed by atoms with E-state index in [1.54, 1.807) is 7.11 Å². The molecule has 0 spiro atoms. The first-order chi connectivity index (χ1) is 11.6. The van der Waals surface area contributed by atoms with Crippen LogP contribution in [0.15, 0.2) is 40.9 Å². The number of fused-ring (bicyclic) bond motifs is 1. The summed E-state index contributed by atoms with van der Waals surface area (Å²) < 4.78 is 6.15. The maximum absolute atomic E-state index is 12.7. The van der Waals surface area contributed by atoms with Crippen molar-refractivity contribution in [1.29, 1.82) is 0 Å². The minimum absolute atomic E-state index is 0. The summed E-state index contributed by atoms with van der Waals surface area (Å²) in [4.78, 5) is 14.6. The van der Waals surface area contributed by atoms with E-state index in [1.807, 2.05) is 41.3 Å². The summed E-state index contributed by atoms with van der Waals surface area (Å²) in [6.45, 7) is 0.765. The van der Waals surface area contributed by atoms with Gasteiger partial charge in [-0.15, -0.1) is 12.4 Å². The van der Waals surface area contributed by atoms with Gasteiger partial charge >= 0.3 is 0 Å². The number of hydrogen-bond acceptors (Lipinski definition) is 3. The molecule has 0 aliphatic carbocycles. The maximum Gasteiger partial charge on any atom is 0.227 e. The normalized spacial score (nSPS) is 13.0. The largest absolute Gasteiger partial charge is 0.496 e. The summed E-state index contributed by atoms with van der Waals surface area (Å²) in [6.07, 6.45) is 3.08. The van der Waals surface area contributed by atoms with Gasteiger partial charge in [-0.1, -0.05) is 12.1 Å². The summed E-state index contributed by atoms with van der Waals surface area (Å²) in [5.74, 6) is 0.944. The molecule has 0 saturated carbocycles. The number of hydrogen-bond donors (Lipinski definition) is 1. The molecule has 0 fully saturated rings. The van der Waals surface area contributed by atoms with Crippen LogP contribution < -0.4 is 15.4 Å². The average Bonchev–Trinajstić information content (AvgIpc) is 2.60. The smallest absolute Gasteiger partial charge is 0.227 e. The highest BCUT2D eigenvalue weighted by Gasteiger charge is 2.23. The van der Waals surface area contributed by atoms with Gasteiger partial charge in [-0.3, -0.25) is 4.79 Å². The fourth-order valence-electron chi connectivity index (χ4n) is 3.16. The molecule has 25 heavy (non-hydrogen) atoms. The molecule has 2 aromatic rings. The van der Waals surface area contributed by atoms with E-state index in [0.29, 0.717) is 12.8 Å². The molecule has 0 radical (unpaired) electrons. The molecule has 1 heterocycles. The van der Waals surface area contributed by atoms with Crippen molar-refractivity contribution in [1.82, 2.24) is 0 Å². The molecule has 0 bridgehead atoms. The molecule has 2 aromatic carbocycles. The van der Waals surface area contributed by atoms with Crippen molar-refractivity contribution in [3.63, 3.8) is 0 Å². The van der Waals surface area contributed by atoms with Crippen LogP contribution in [-0.4, -0.2) is 19.6 Å². The van der Waals surface area contributed by atoms with E-state index in [1.165, 1.54) is 0 Å². The summed E-state index contributed by atoms with van der Waals surface area (Å²) in [7, 11) is 1.64. The minimum atomic E-state index is 0. The van der Waals surface area contributed by atoms with Crippen molar-refractivity contribution in [2.24, 2.45) is 0 Å². The third-order valence-corrected chi connectivity index (χ3v) is 5.05. The van der Waals surface area contributed by atoms with E-state index in [2.05, 4.69) is 15.9 Å². The molecule has 6 heteroatoms. The zero-order valence-electron chi connectivity index (χ0n) is 14.1. The van der Waals surface area contributed by atoms with E-state index < -0.39 is 0 Å². The molecular weight excluding hydrogens is 404 g/mol. The van der Waals surface area contributed by atoms with E-state index in [9.17, 15) is 4.79 Å². The number of halogens is 2. The first-order valence-electron chi connectivity index (χ1n) is 8.10. The monoisotopic (exact) mass is 424 g/mol. The molecule has 3 rings (SSSR count). The minimum Gasteiger partial charge on any atom is -0.496 e. The predicted molar refractivity (Wildman–Crippen MR) is 108 cm³/mol. The lowest BCUT2D eigenvalue weighted by atomic mass is 9.99. The van der Waals surface area contributed by atoms with Gasteiger partial charge in [-0.05, 0) is 70.6 Å². The average molecular weight is 426 g/mol. The number of ether oxygens (including phenoxy) is 1. The van der Waals surface area contributed by atoms with Crippen molar-refractivity contribution in [3.8, 4) is 5.75 Å². The Balaban J connectivity index is 0.00000225. The van der Waals surface area contributed by atoms with E-state index in [-0.39, 0.29) is 18.3 Å². The quantitative estimate of drug-likeness (QED) is 0.740. The highest BCUT2D eigenvalue weighted by atomic mass is 79.9. The Morgan fingerprint density at radius 1 is 1.32 bits per heavy atom. The molecule has 2 N–H and O–H groups in total. The van der Waals surface area contributed by atoms with Gasteiger partial charge < -0.3 is 15.4 Å². The molecule has 1 amide bonds. The second-order valence-electron chi connectivity index (χ2n) is 5.96. The Hall–Kier alpha value is -1.72. The number of carbonyl (C=O) groups excluding carboxylic acids is 1. The van der Waals surface area contributed by atoms with E-state index in [0.717, 1.165) is 52.1 Å². The molecule has 1 aliphatic rings. The first kappa shape index (κ1) is 19.6. The van der Waals surface area contributed by atoms with Gasteiger partial charge in [0.1, 0.15) is 5.75 Å². The van der Waals surface area contributed by atoms with Crippen LogP contribution >= 0.6 is 28.3 Å². The Kier molecular flexibility index (Phi) is 6.73. The Morgan fingerprint density at radius 3 is 2.84 bits per heavy atom. The number of nitrogens with two attached hydrogens (primary N) is 1. The third-order valence-electron chi connectivity index (χ3n) is 4.43. The van der Waals surface area contributed by atoms with Crippen LogP contribution in [0.25, 0.3) is 0 Å². The molecular formula is C19H22BrClN2O2. The fraction of sp³-hybridized carbons (Fsp3) is 0.316. The van der Waals surface area contributed by atoms with E-state index >= 15 is 0 Å². The standard InChI is InChI=1S/C19H21BrN2O2.ClH/c1-24-18-9-7-13(12-15(18)20)8-10-19(23)22-11-3-4-14-16(21)5-2-6-17(14)22;/h2,5-7,9,12H,3-4,8,10-11,21H2,1H3;1H. The van der Waals surface area contributed by atoms with Crippen LogP contribution in [0.1, 0.15) is 24.0 Å². The molecule has 1 aliphatic heterocycles. The Labute approximate surface area is 162 Å². The number of aryl methyl sites for hydroxylation is 1. The molecule has 4 nitrogen and oxygen atoms in total. The van der Waals surface area contributed by atoms with Crippen molar-refractivity contribution >= 4 is 45.6 Å². The lowest BCUT2D eigenvalue weighted by molar-refractivity contribution is -0.118. The number of benzene rings is 2. The van der Waals surface area contributed by atoms with Crippen LogP contribution in [-0.2, 0) is 17.6 Å². The molecule has 0 saturated heterocycles. The zero-order chi connectivity index (χ0) is 17.1. The number of nitrogens with zero attached hydrogens (tertiary/aromatic N) is 1. The van der Waals surface area contributed by atoms with Gasteiger partial charge in [-0.25, -0.2) is 0 Å².